The van der Waals surface area contributed by atoms with E-state index in [1.54, 1.807) is 26.3 Å². The number of ether oxygens (including phenoxy) is 2. The van der Waals surface area contributed by atoms with Gasteiger partial charge < -0.3 is 9.47 Å². The Kier molecular flexibility index (Phi) is 5.81. The fourth-order valence-electron chi connectivity index (χ4n) is 3.63. The molecule has 0 spiro atoms. The van der Waals surface area contributed by atoms with Gasteiger partial charge in [0.25, 0.3) is 0 Å². The van der Waals surface area contributed by atoms with Gasteiger partial charge in [0.1, 0.15) is 18.1 Å². The van der Waals surface area contributed by atoms with Crippen LogP contribution in [0.1, 0.15) is 23.6 Å². The monoisotopic (exact) mass is 434 g/mol. The van der Waals surface area contributed by atoms with Gasteiger partial charge in [0.05, 0.1) is 24.1 Å². The predicted octanol–water partition coefficient (Wildman–Crippen LogP) is 3.05. The van der Waals surface area contributed by atoms with Gasteiger partial charge in [-0.25, -0.2) is 4.79 Å². The minimum atomic E-state index is -0.345. The number of tetrazole rings is 1. The van der Waals surface area contributed by atoms with E-state index in [1.165, 1.54) is 9.36 Å². The second kappa shape index (κ2) is 8.70. The first-order valence-electron chi connectivity index (χ1n) is 10.4. The number of hydrogen-bond donors (Lipinski definition) is 0. The molecule has 32 heavy (non-hydrogen) atoms. The topological polar surface area (TPSA) is 89.0 Å². The largest absolute Gasteiger partial charge is 0.496 e. The van der Waals surface area contributed by atoms with Gasteiger partial charge in [0.15, 0.2) is 0 Å². The van der Waals surface area contributed by atoms with Crippen LogP contribution in [-0.4, -0.2) is 36.7 Å². The second-order valence-electron chi connectivity index (χ2n) is 7.54. The third kappa shape index (κ3) is 3.89. The maximum atomic E-state index is 12.4. The van der Waals surface area contributed by atoms with E-state index in [2.05, 4.69) is 35.4 Å². The normalized spacial score (nSPS) is 11.0. The summed E-state index contributed by atoms with van der Waals surface area (Å²) in [5.41, 5.74) is 5.06. The van der Waals surface area contributed by atoms with Gasteiger partial charge in [-0.3, -0.25) is 4.68 Å². The smallest absolute Gasteiger partial charge is 0.368 e. The number of nitrogens with zero attached hydrogens (tertiary/aromatic N) is 6. The van der Waals surface area contributed by atoms with Crippen LogP contribution in [0.25, 0.3) is 16.9 Å². The number of methoxy groups -OCH3 is 1. The van der Waals surface area contributed by atoms with Crippen molar-refractivity contribution in [2.24, 2.45) is 7.05 Å². The number of hydrogen-bond acceptors (Lipinski definition) is 6. The molecule has 2 aromatic carbocycles. The lowest BCUT2D eigenvalue weighted by Crippen LogP contribution is -2.23. The molecule has 4 aromatic rings. The summed E-state index contributed by atoms with van der Waals surface area (Å²) in [5.74, 6) is 1.35. The van der Waals surface area contributed by atoms with Crippen LogP contribution in [0.3, 0.4) is 0 Å². The number of aromatic nitrogens is 6. The molecule has 0 N–H and O–H groups in total. The third-order valence-corrected chi connectivity index (χ3v) is 5.37. The van der Waals surface area contributed by atoms with E-state index in [0.29, 0.717) is 17.0 Å². The van der Waals surface area contributed by atoms with Gasteiger partial charge in [-0.1, -0.05) is 6.07 Å². The summed E-state index contributed by atoms with van der Waals surface area (Å²) < 4.78 is 16.0. The van der Waals surface area contributed by atoms with E-state index in [9.17, 15) is 4.79 Å². The van der Waals surface area contributed by atoms with Crippen molar-refractivity contribution in [3.8, 4) is 28.4 Å². The van der Waals surface area contributed by atoms with Crippen LogP contribution in [0.15, 0.2) is 47.4 Å². The number of rotatable bonds is 7. The summed E-state index contributed by atoms with van der Waals surface area (Å²) in [7, 11) is 3.14. The molecule has 0 radical (unpaired) electrons. The number of benzene rings is 2. The van der Waals surface area contributed by atoms with Gasteiger partial charge in [-0.05, 0) is 72.7 Å². The molecule has 4 rings (SSSR count). The van der Waals surface area contributed by atoms with Crippen molar-refractivity contribution in [1.82, 2.24) is 29.6 Å². The van der Waals surface area contributed by atoms with Gasteiger partial charge in [-0.15, -0.1) is 0 Å². The molecule has 0 unspecified atom stereocenters. The minimum Gasteiger partial charge on any atom is -0.496 e. The van der Waals surface area contributed by atoms with Crippen LogP contribution >= 0.6 is 0 Å². The van der Waals surface area contributed by atoms with E-state index >= 15 is 0 Å². The molecular formula is C23H26N6O3. The Hall–Kier alpha value is -3.88. The molecule has 0 amide bonds. The van der Waals surface area contributed by atoms with E-state index in [-0.39, 0.29) is 12.3 Å². The van der Waals surface area contributed by atoms with Crippen LogP contribution in [0.2, 0.25) is 0 Å². The maximum absolute atomic E-state index is 12.4. The highest BCUT2D eigenvalue weighted by Gasteiger charge is 2.17. The summed E-state index contributed by atoms with van der Waals surface area (Å²) in [4.78, 5) is 12.4. The van der Waals surface area contributed by atoms with E-state index in [0.717, 1.165) is 34.7 Å². The molecule has 0 aliphatic rings. The lowest BCUT2D eigenvalue weighted by atomic mass is 10.1. The molecular weight excluding hydrogens is 408 g/mol. The lowest BCUT2D eigenvalue weighted by molar-refractivity contribution is 0.294. The quantitative estimate of drug-likeness (QED) is 0.444. The van der Waals surface area contributed by atoms with Crippen LogP contribution in [0.5, 0.6) is 11.5 Å². The summed E-state index contributed by atoms with van der Waals surface area (Å²) in [6.45, 7) is 7.16. The zero-order valence-corrected chi connectivity index (χ0v) is 18.9. The molecule has 9 heteroatoms. The average Bonchev–Trinajstić information content (AvgIpc) is 3.34. The maximum Gasteiger partial charge on any atom is 0.368 e. The van der Waals surface area contributed by atoms with Crippen molar-refractivity contribution in [2.75, 3.05) is 7.11 Å². The van der Waals surface area contributed by atoms with Crippen molar-refractivity contribution >= 4 is 0 Å². The summed E-state index contributed by atoms with van der Waals surface area (Å²) in [5, 5.41) is 12.4. The Bertz CT molecular complexity index is 1320. The van der Waals surface area contributed by atoms with Crippen LogP contribution in [0.4, 0.5) is 0 Å². The molecule has 0 aliphatic carbocycles. The first-order chi connectivity index (χ1) is 15.4. The zero-order chi connectivity index (χ0) is 22.8. The molecule has 0 bridgehead atoms. The van der Waals surface area contributed by atoms with Crippen molar-refractivity contribution in [2.45, 2.75) is 33.9 Å². The highest BCUT2D eigenvalue weighted by atomic mass is 16.5. The van der Waals surface area contributed by atoms with Gasteiger partial charge in [-0.2, -0.15) is 14.5 Å². The fraction of sp³-hybridized carbons (Fsp3) is 0.304. The van der Waals surface area contributed by atoms with E-state index in [4.69, 9.17) is 9.47 Å². The van der Waals surface area contributed by atoms with Gasteiger partial charge in [0, 0.05) is 25.4 Å². The molecule has 9 nitrogen and oxygen atoms in total. The minimum absolute atomic E-state index is 0.200. The van der Waals surface area contributed by atoms with Crippen molar-refractivity contribution in [3.63, 3.8) is 0 Å². The Labute approximate surface area is 185 Å². The lowest BCUT2D eigenvalue weighted by Gasteiger charge is -2.15. The Morgan fingerprint density at radius 3 is 2.47 bits per heavy atom. The molecule has 0 fully saturated rings. The molecule has 0 saturated heterocycles. The summed E-state index contributed by atoms with van der Waals surface area (Å²) in [6.07, 6.45) is 2.05. The summed E-state index contributed by atoms with van der Waals surface area (Å²) in [6, 6.07) is 11.4. The zero-order valence-electron chi connectivity index (χ0n) is 18.9. The Morgan fingerprint density at radius 2 is 1.84 bits per heavy atom. The molecule has 2 heterocycles. The second-order valence-corrected chi connectivity index (χ2v) is 7.54. The van der Waals surface area contributed by atoms with Crippen molar-refractivity contribution in [1.29, 1.82) is 0 Å². The average molecular weight is 435 g/mol. The fourth-order valence-corrected chi connectivity index (χ4v) is 3.63. The van der Waals surface area contributed by atoms with E-state index < -0.39 is 0 Å². The predicted molar refractivity (Wildman–Crippen MR) is 120 cm³/mol. The molecule has 0 atom stereocenters. The molecule has 0 saturated carbocycles. The van der Waals surface area contributed by atoms with Crippen molar-refractivity contribution in [3.05, 3.63) is 69.8 Å². The SMILES string of the molecule is CCn1cc(C)c(-c2ccc(OCc3c(OC)cccc3-n3nnn(C)c3=O)c(C)c2)n1. The number of aryl methyl sites for hydroxylation is 4. The van der Waals surface area contributed by atoms with Gasteiger partial charge >= 0.3 is 5.69 Å². The van der Waals surface area contributed by atoms with E-state index in [1.807, 2.05) is 36.0 Å². The Morgan fingerprint density at radius 1 is 1.03 bits per heavy atom. The molecule has 166 valence electrons. The highest BCUT2D eigenvalue weighted by molar-refractivity contribution is 5.64. The standard InChI is InChI=1S/C23H26N6O3/c1-6-28-13-16(3)22(24-28)17-10-11-20(15(2)12-17)32-14-18-19(8-7-9-21(18)31-5)29-23(30)27(4)25-26-29/h7-13H,6,14H2,1-5H3. The highest BCUT2D eigenvalue weighted by Crippen LogP contribution is 2.30. The first kappa shape index (κ1) is 21.4. The van der Waals surface area contributed by atoms with Crippen LogP contribution < -0.4 is 15.2 Å². The Balaban J connectivity index is 1.63. The summed E-state index contributed by atoms with van der Waals surface area (Å²) >= 11 is 0. The van der Waals surface area contributed by atoms with Crippen LogP contribution in [-0.2, 0) is 20.2 Å². The van der Waals surface area contributed by atoms with Crippen LogP contribution in [0, 0.1) is 13.8 Å². The third-order valence-electron chi connectivity index (χ3n) is 5.37. The van der Waals surface area contributed by atoms with Crippen molar-refractivity contribution < 1.29 is 9.47 Å². The molecule has 0 aliphatic heterocycles. The van der Waals surface area contributed by atoms with Gasteiger partial charge in [0.2, 0.25) is 0 Å². The molecule has 2 aromatic heterocycles. The first-order valence-corrected chi connectivity index (χ1v) is 10.4.